The first-order chi connectivity index (χ1) is 21.6. The van der Waals surface area contributed by atoms with Gasteiger partial charge in [0, 0.05) is 33.8 Å². The van der Waals surface area contributed by atoms with Gasteiger partial charge in [0.25, 0.3) is 0 Å². The van der Waals surface area contributed by atoms with Crippen molar-refractivity contribution in [3.8, 4) is 16.9 Å². The molecule has 5 aromatic carbocycles. The fraction of sp³-hybridized carbons (Fsp3) is 0.100. The van der Waals surface area contributed by atoms with Gasteiger partial charge in [-0.1, -0.05) is 91.0 Å². The Bertz CT molecular complexity index is 2180. The molecular formula is C40H31N3O. The van der Waals surface area contributed by atoms with E-state index in [4.69, 9.17) is 9.73 Å². The number of ether oxygens (including phenoxy) is 1. The molecule has 7 aromatic rings. The number of rotatable bonds is 5. The Morgan fingerprint density at radius 1 is 0.591 bits per heavy atom. The molecule has 2 aromatic heterocycles. The van der Waals surface area contributed by atoms with Crippen molar-refractivity contribution in [2.24, 2.45) is 4.99 Å². The van der Waals surface area contributed by atoms with Crippen molar-refractivity contribution in [3.05, 3.63) is 167 Å². The number of aromatic nitrogens is 2. The summed E-state index contributed by atoms with van der Waals surface area (Å²) in [5, 5.41) is 2.43. The van der Waals surface area contributed by atoms with Crippen LogP contribution in [0.1, 0.15) is 40.0 Å². The Labute approximate surface area is 256 Å². The average Bonchev–Trinajstić information content (AvgIpc) is 3.65. The van der Waals surface area contributed by atoms with Crippen LogP contribution in [0, 0.1) is 13.8 Å². The highest BCUT2D eigenvalue weighted by Gasteiger charge is 2.34. The lowest BCUT2D eigenvalue weighted by Crippen LogP contribution is -2.09. The maximum Gasteiger partial charge on any atom is 0.217 e. The van der Waals surface area contributed by atoms with E-state index in [-0.39, 0.29) is 12.1 Å². The number of hydrogen-bond acceptors (Lipinski definition) is 3. The number of aryl methyl sites for hydroxylation is 2. The highest BCUT2D eigenvalue weighted by molar-refractivity contribution is 6.10. The summed E-state index contributed by atoms with van der Waals surface area (Å²) in [6.45, 7) is 4.25. The molecule has 1 aliphatic rings. The monoisotopic (exact) mass is 569 g/mol. The normalized spacial score (nSPS) is 16.3. The quantitative estimate of drug-likeness (QED) is 0.207. The van der Waals surface area contributed by atoms with Crippen molar-refractivity contribution in [1.82, 2.24) is 9.55 Å². The zero-order valence-corrected chi connectivity index (χ0v) is 24.7. The van der Waals surface area contributed by atoms with Crippen LogP contribution in [-0.2, 0) is 4.74 Å². The fourth-order valence-electron chi connectivity index (χ4n) is 6.46. The predicted molar refractivity (Wildman–Crippen MR) is 179 cm³/mol. The number of nitrogens with zero attached hydrogens (tertiary/aromatic N) is 3. The molecule has 0 spiro atoms. The first kappa shape index (κ1) is 26.2. The van der Waals surface area contributed by atoms with Gasteiger partial charge in [0.2, 0.25) is 5.90 Å². The van der Waals surface area contributed by atoms with E-state index in [2.05, 4.69) is 139 Å². The second-order valence-electron chi connectivity index (χ2n) is 11.6. The summed E-state index contributed by atoms with van der Waals surface area (Å²) in [7, 11) is 0. The molecule has 0 radical (unpaired) electrons. The lowest BCUT2D eigenvalue weighted by molar-refractivity contribution is 0.197. The SMILES string of the molecule is Cc1cc(C2=N[C@H](c3ccccc3)[C@@H](c3ccccc3)O2)cc(-n2c3ccccc3c3ccc(-c4cc(C)ccn4)cc32)c1. The predicted octanol–water partition coefficient (Wildman–Crippen LogP) is 9.72. The zero-order chi connectivity index (χ0) is 29.6. The van der Waals surface area contributed by atoms with Gasteiger partial charge in [0.05, 0.1) is 16.7 Å². The van der Waals surface area contributed by atoms with E-state index in [1.165, 1.54) is 16.3 Å². The van der Waals surface area contributed by atoms with Crippen molar-refractivity contribution in [2.75, 3.05) is 0 Å². The summed E-state index contributed by atoms with van der Waals surface area (Å²) in [6, 6.07) is 46.8. The van der Waals surface area contributed by atoms with Crippen molar-refractivity contribution in [2.45, 2.75) is 26.0 Å². The van der Waals surface area contributed by atoms with Gasteiger partial charge < -0.3 is 9.30 Å². The van der Waals surface area contributed by atoms with Crippen LogP contribution in [0.15, 0.2) is 145 Å². The molecule has 44 heavy (non-hydrogen) atoms. The Kier molecular flexibility index (Phi) is 6.34. The summed E-state index contributed by atoms with van der Waals surface area (Å²) < 4.78 is 9.08. The molecule has 0 N–H and O–H groups in total. The molecule has 8 rings (SSSR count). The molecule has 0 unspecified atom stereocenters. The van der Waals surface area contributed by atoms with Crippen LogP contribution in [0.3, 0.4) is 0 Å². The zero-order valence-electron chi connectivity index (χ0n) is 24.7. The summed E-state index contributed by atoms with van der Waals surface area (Å²) in [5.74, 6) is 0.670. The smallest absolute Gasteiger partial charge is 0.217 e. The summed E-state index contributed by atoms with van der Waals surface area (Å²) in [4.78, 5) is 9.89. The van der Waals surface area contributed by atoms with E-state index in [9.17, 15) is 0 Å². The average molecular weight is 570 g/mol. The van der Waals surface area contributed by atoms with Crippen LogP contribution < -0.4 is 0 Å². The van der Waals surface area contributed by atoms with Crippen LogP contribution in [0.4, 0.5) is 0 Å². The number of aliphatic imine (C=N–C) groups is 1. The van der Waals surface area contributed by atoms with Gasteiger partial charge >= 0.3 is 0 Å². The Morgan fingerprint density at radius 2 is 1.32 bits per heavy atom. The number of benzene rings is 5. The van der Waals surface area contributed by atoms with Crippen LogP contribution >= 0.6 is 0 Å². The largest absolute Gasteiger partial charge is 0.467 e. The molecular weight excluding hydrogens is 538 g/mol. The maximum absolute atomic E-state index is 6.72. The first-order valence-electron chi connectivity index (χ1n) is 15.1. The summed E-state index contributed by atoms with van der Waals surface area (Å²) >= 11 is 0. The van der Waals surface area contributed by atoms with Crippen molar-refractivity contribution in [3.63, 3.8) is 0 Å². The molecule has 2 atom stereocenters. The number of para-hydroxylation sites is 1. The molecule has 4 heteroatoms. The van der Waals surface area contributed by atoms with E-state index in [0.29, 0.717) is 5.90 Å². The minimum absolute atomic E-state index is 0.129. The minimum atomic E-state index is -0.199. The minimum Gasteiger partial charge on any atom is -0.467 e. The van der Waals surface area contributed by atoms with E-state index >= 15 is 0 Å². The standard InChI is InChI=1S/C40H31N3O/c1-26-19-20-41-35(23-26)30-17-18-34-33-15-9-10-16-36(33)43(37(34)25-30)32-22-27(2)21-31(24-32)40-42-38(28-11-5-3-6-12-28)39(44-40)29-13-7-4-8-14-29/h3-25,38-39H,1-2H3/t38-,39-/m1/s1. The first-order valence-corrected chi connectivity index (χ1v) is 15.1. The molecule has 3 heterocycles. The Morgan fingerprint density at radius 3 is 2.11 bits per heavy atom. The number of pyridine rings is 1. The molecule has 0 saturated carbocycles. The third-order valence-corrected chi connectivity index (χ3v) is 8.50. The molecule has 0 amide bonds. The van der Waals surface area contributed by atoms with E-state index < -0.39 is 0 Å². The topological polar surface area (TPSA) is 39.4 Å². The van der Waals surface area contributed by atoms with Crippen LogP contribution in [0.25, 0.3) is 38.8 Å². The van der Waals surface area contributed by atoms with Crippen LogP contribution in [-0.4, -0.2) is 15.4 Å². The van der Waals surface area contributed by atoms with E-state index in [0.717, 1.165) is 50.2 Å². The summed E-state index contributed by atoms with van der Waals surface area (Å²) in [6.07, 6.45) is 1.68. The fourth-order valence-corrected chi connectivity index (χ4v) is 6.46. The molecule has 0 bridgehead atoms. The molecule has 4 nitrogen and oxygen atoms in total. The van der Waals surface area contributed by atoms with Gasteiger partial charge in [0.1, 0.15) is 6.04 Å². The third kappa shape index (κ3) is 4.56. The molecule has 212 valence electrons. The van der Waals surface area contributed by atoms with Gasteiger partial charge in [0.15, 0.2) is 6.10 Å². The van der Waals surface area contributed by atoms with Gasteiger partial charge in [-0.25, -0.2) is 4.99 Å². The van der Waals surface area contributed by atoms with Gasteiger partial charge in [-0.05, 0) is 78.6 Å². The van der Waals surface area contributed by atoms with Crippen LogP contribution in [0.5, 0.6) is 0 Å². The van der Waals surface area contributed by atoms with Crippen molar-refractivity contribution < 1.29 is 4.74 Å². The van der Waals surface area contributed by atoms with E-state index in [1.807, 2.05) is 24.4 Å². The van der Waals surface area contributed by atoms with Gasteiger partial charge in [-0.3, -0.25) is 4.98 Å². The Hall–Kier alpha value is -5.48. The lowest BCUT2D eigenvalue weighted by Gasteiger charge is -2.18. The number of hydrogen-bond donors (Lipinski definition) is 0. The number of fused-ring (bicyclic) bond motifs is 3. The van der Waals surface area contributed by atoms with Crippen molar-refractivity contribution in [1.29, 1.82) is 0 Å². The van der Waals surface area contributed by atoms with Gasteiger partial charge in [-0.15, -0.1) is 0 Å². The van der Waals surface area contributed by atoms with Crippen molar-refractivity contribution >= 4 is 27.7 Å². The molecule has 1 aliphatic heterocycles. The second kappa shape index (κ2) is 10.7. The Balaban J connectivity index is 1.29. The van der Waals surface area contributed by atoms with Gasteiger partial charge in [-0.2, -0.15) is 0 Å². The molecule has 0 saturated heterocycles. The van der Waals surface area contributed by atoms with E-state index in [1.54, 1.807) is 0 Å². The summed E-state index contributed by atoms with van der Waals surface area (Å²) in [5.41, 5.74) is 11.0. The lowest BCUT2D eigenvalue weighted by atomic mass is 9.97. The molecule has 0 fully saturated rings. The highest BCUT2D eigenvalue weighted by atomic mass is 16.5. The maximum atomic E-state index is 6.72. The third-order valence-electron chi connectivity index (χ3n) is 8.50. The molecule has 0 aliphatic carbocycles. The highest BCUT2D eigenvalue weighted by Crippen LogP contribution is 2.42. The van der Waals surface area contributed by atoms with Crippen LogP contribution in [0.2, 0.25) is 0 Å². The second-order valence-corrected chi connectivity index (χ2v) is 11.6.